The van der Waals surface area contributed by atoms with E-state index in [9.17, 15) is 19.5 Å². The molecule has 10 nitrogen and oxygen atoms in total. The molecule has 2 heterocycles. The van der Waals surface area contributed by atoms with Crippen LogP contribution in [0.2, 0.25) is 10.0 Å². The first-order valence-corrected chi connectivity index (χ1v) is 20.5. The molecule has 1 unspecified atom stereocenters. The molecule has 62 heavy (non-hydrogen) atoms. The molecule has 2 aliphatic rings. The number of carbonyl (C=O) groups is 3. The van der Waals surface area contributed by atoms with Crippen LogP contribution >= 0.6 is 23.2 Å². The second kappa shape index (κ2) is 18.6. The fourth-order valence-corrected chi connectivity index (χ4v) is 7.65. The number of fused-ring (bicyclic) bond motifs is 2. The zero-order valence-electron chi connectivity index (χ0n) is 33.0. The van der Waals surface area contributed by atoms with Gasteiger partial charge in [-0.1, -0.05) is 102 Å². The number of benzene rings is 6. The van der Waals surface area contributed by atoms with Crippen molar-refractivity contribution in [2.75, 3.05) is 6.61 Å². The van der Waals surface area contributed by atoms with Crippen molar-refractivity contribution in [3.05, 3.63) is 182 Å². The number of ether oxygens (including phenoxy) is 3. The highest BCUT2D eigenvalue weighted by Crippen LogP contribution is 2.41. The van der Waals surface area contributed by atoms with E-state index < -0.39 is 36.0 Å². The minimum absolute atomic E-state index is 0.00806. The number of hydrogen-bond donors (Lipinski definition) is 2. The first-order valence-electron chi connectivity index (χ1n) is 19.7. The minimum Gasteiger partial charge on any atom is -0.489 e. The summed E-state index contributed by atoms with van der Waals surface area (Å²) >= 11 is 12.2. The Morgan fingerprint density at radius 1 is 0.806 bits per heavy atom. The van der Waals surface area contributed by atoms with Crippen LogP contribution in [0.4, 0.5) is 0 Å². The molecule has 0 radical (unpaired) electrons. The average Bonchev–Trinajstić information content (AvgIpc) is 3.30. The number of carboxylic acid groups (broad SMARTS) is 1. The number of nitrogens with zero attached hydrogens (tertiary/aromatic N) is 2. The van der Waals surface area contributed by atoms with Crippen molar-refractivity contribution in [3.8, 4) is 46.3 Å². The molecule has 6 aromatic rings. The van der Waals surface area contributed by atoms with Crippen LogP contribution in [0.1, 0.15) is 45.0 Å². The number of carboxylic acids is 1. The lowest BCUT2D eigenvalue weighted by Gasteiger charge is -2.36. The van der Waals surface area contributed by atoms with Crippen LogP contribution in [0.15, 0.2) is 133 Å². The molecule has 308 valence electrons. The van der Waals surface area contributed by atoms with Gasteiger partial charge in [0.25, 0.3) is 5.91 Å². The van der Waals surface area contributed by atoms with Crippen molar-refractivity contribution in [2.45, 2.75) is 44.2 Å². The lowest BCUT2D eigenvalue weighted by atomic mass is 9.92. The second-order valence-corrected chi connectivity index (χ2v) is 15.7. The molecule has 0 aliphatic carbocycles. The normalized spacial score (nSPS) is 15.5. The third-order valence-corrected chi connectivity index (χ3v) is 11.4. The third kappa shape index (κ3) is 9.69. The van der Waals surface area contributed by atoms with Gasteiger partial charge in [-0.05, 0) is 99.6 Å². The first kappa shape index (κ1) is 41.5. The van der Waals surface area contributed by atoms with Gasteiger partial charge in [0, 0.05) is 30.9 Å². The van der Waals surface area contributed by atoms with Crippen molar-refractivity contribution in [2.24, 2.45) is 0 Å². The van der Waals surface area contributed by atoms with E-state index >= 15 is 0 Å². The molecule has 2 aliphatic heterocycles. The summed E-state index contributed by atoms with van der Waals surface area (Å²) in [4.78, 5) is 41.9. The summed E-state index contributed by atoms with van der Waals surface area (Å²) in [7, 11) is 0. The number of halogens is 2. The second-order valence-electron chi connectivity index (χ2n) is 14.8. The maximum absolute atomic E-state index is 14.1. The molecule has 2 amide bonds. The van der Waals surface area contributed by atoms with Crippen LogP contribution in [0.25, 0.3) is 11.1 Å². The number of aliphatic carboxylic acids is 1. The highest BCUT2D eigenvalue weighted by molar-refractivity contribution is 6.42. The summed E-state index contributed by atoms with van der Waals surface area (Å²) in [6.45, 7) is 0.569. The lowest BCUT2D eigenvalue weighted by Crippen LogP contribution is -2.55. The van der Waals surface area contributed by atoms with Crippen LogP contribution in [-0.4, -0.2) is 46.5 Å². The molecule has 3 atom stereocenters. The van der Waals surface area contributed by atoms with Crippen molar-refractivity contribution >= 4 is 41.0 Å². The molecule has 0 bridgehead atoms. The van der Waals surface area contributed by atoms with E-state index in [0.29, 0.717) is 50.6 Å². The molecular formula is C50H37Cl2N3O7. The van der Waals surface area contributed by atoms with Crippen LogP contribution in [0.3, 0.4) is 0 Å². The predicted molar refractivity (Wildman–Crippen MR) is 234 cm³/mol. The summed E-state index contributed by atoms with van der Waals surface area (Å²) in [5.74, 6) is 4.81. The Hall–Kier alpha value is -7.24. The maximum atomic E-state index is 14.1. The monoisotopic (exact) mass is 861 g/mol. The average molecular weight is 863 g/mol. The fraction of sp³-hybridized carbons (Fsp3) is 0.160. The lowest BCUT2D eigenvalue weighted by molar-refractivity contribution is -0.144. The van der Waals surface area contributed by atoms with Gasteiger partial charge in [0.15, 0.2) is 17.6 Å². The van der Waals surface area contributed by atoms with E-state index in [1.54, 1.807) is 36.4 Å². The van der Waals surface area contributed by atoms with Crippen molar-refractivity contribution in [3.63, 3.8) is 0 Å². The van der Waals surface area contributed by atoms with E-state index in [1.807, 2.05) is 97.1 Å². The Kier molecular flexibility index (Phi) is 12.4. The molecule has 6 aromatic carbocycles. The Labute approximate surface area is 368 Å². The summed E-state index contributed by atoms with van der Waals surface area (Å²) < 4.78 is 18.6. The van der Waals surface area contributed by atoms with Gasteiger partial charge in [-0.2, -0.15) is 5.26 Å². The standard InChI is InChI=1S/C50H37Cl2N3O7/c51-41-20-10-34(22-42(41)52)29-60-40-18-16-37(17-19-40)47-30-61-45-25-38-24-44(55(28-39(38)26-46(45)62-47)48(56)21-11-31-4-2-1-3-5-31)49(57)54-43(50(58)59)23-32-6-12-35(13-7-32)36-14-8-33(27-53)9-15-36/h1-10,12-20,22,25-26,43-44,47H,23-24,28-30H2,(H,54,57)(H,58,59)/t43-,44?,47+/m0/s1. The smallest absolute Gasteiger partial charge is 0.326 e. The molecular weight excluding hydrogens is 825 g/mol. The van der Waals surface area contributed by atoms with E-state index in [2.05, 4.69) is 23.2 Å². The van der Waals surface area contributed by atoms with E-state index in [1.165, 1.54) is 4.90 Å². The number of amides is 2. The maximum Gasteiger partial charge on any atom is 0.326 e. The van der Waals surface area contributed by atoms with Crippen LogP contribution in [0, 0.1) is 23.2 Å². The summed E-state index contributed by atoms with van der Waals surface area (Å²) in [6, 6.07) is 39.8. The minimum atomic E-state index is -1.28. The zero-order chi connectivity index (χ0) is 43.2. The summed E-state index contributed by atoms with van der Waals surface area (Å²) in [6.07, 6.45) is -0.329. The third-order valence-electron chi connectivity index (χ3n) is 10.7. The molecule has 0 aromatic heterocycles. The highest BCUT2D eigenvalue weighted by atomic mass is 35.5. The van der Waals surface area contributed by atoms with Crippen molar-refractivity contribution < 1.29 is 33.7 Å². The molecule has 0 spiro atoms. The van der Waals surface area contributed by atoms with E-state index in [4.69, 9.17) is 42.7 Å². The molecule has 0 saturated carbocycles. The Bertz CT molecular complexity index is 2740. The predicted octanol–water partition coefficient (Wildman–Crippen LogP) is 8.74. The van der Waals surface area contributed by atoms with Crippen molar-refractivity contribution in [1.29, 1.82) is 5.26 Å². The molecule has 0 saturated heterocycles. The van der Waals surface area contributed by atoms with Gasteiger partial charge in [0.05, 0.1) is 21.7 Å². The Balaban J connectivity index is 0.982. The number of rotatable bonds is 10. The molecule has 2 N–H and O–H groups in total. The Morgan fingerprint density at radius 2 is 1.50 bits per heavy atom. The number of carbonyl (C=O) groups excluding carboxylic acids is 2. The van der Waals surface area contributed by atoms with E-state index in [-0.39, 0.29) is 26.0 Å². The van der Waals surface area contributed by atoms with Crippen LogP contribution < -0.4 is 19.5 Å². The van der Waals surface area contributed by atoms with Gasteiger partial charge in [-0.3, -0.25) is 9.59 Å². The number of nitriles is 1. The Morgan fingerprint density at radius 3 is 2.19 bits per heavy atom. The largest absolute Gasteiger partial charge is 0.489 e. The summed E-state index contributed by atoms with van der Waals surface area (Å²) in [5, 5.41) is 23.0. The van der Waals surface area contributed by atoms with Gasteiger partial charge in [-0.25, -0.2) is 4.79 Å². The van der Waals surface area contributed by atoms with Crippen molar-refractivity contribution in [1.82, 2.24) is 10.2 Å². The fourth-order valence-electron chi connectivity index (χ4n) is 7.33. The molecule has 8 rings (SSSR count). The first-order chi connectivity index (χ1) is 30.1. The SMILES string of the molecule is N#Cc1ccc(-c2ccc(C[C@H](NC(=O)C3Cc4cc5c(cc4CN3C(=O)C#Cc3ccccc3)O[C@@H](c3ccc(OCc4ccc(Cl)c(Cl)c4)cc3)CO5)C(=O)O)cc2)cc1. The summed E-state index contributed by atoms with van der Waals surface area (Å²) in [5.41, 5.74) is 6.94. The number of hydrogen-bond acceptors (Lipinski definition) is 7. The van der Waals surface area contributed by atoms with Gasteiger partial charge in [0.2, 0.25) is 5.91 Å². The highest BCUT2D eigenvalue weighted by Gasteiger charge is 2.37. The zero-order valence-corrected chi connectivity index (χ0v) is 34.5. The topological polar surface area (TPSA) is 138 Å². The quantitative estimate of drug-likeness (QED) is 0.131. The van der Waals surface area contributed by atoms with E-state index in [0.717, 1.165) is 33.4 Å². The van der Waals surface area contributed by atoms with Crippen LogP contribution in [-0.2, 0) is 40.4 Å². The van der Waals surface area contributed by atoms with Crippen LogP contribution in [0.5, 0.6) is 17.2 Å². The van der Waals surface area contributed by atoms with Gasteiger partial charge in [-0.15, -0.1) is 0 Å². The van der Waals surface area contributed by atoms with Gasteiger partial charge < -0.3 is 29.5 Å². The van der Waals surface area contributed by atoms with Gasteiger partial charge >= 0.3 is 5.97 Å². The number of nitrogens with one attached hydrogen (secondary N) is 1. The van der Waals surface area contributed by atoms with Gasteiger partial charge in [0.1, 0.15) is 31.0 Å². The molecule has 12 heteroatoms. The molecule has 0 fully saturated rings.